The van der Waals surface area contributed by atoms with Crippen LogP contribution in [0.4, 0.5) is 13.2 Å². The lowest BCUT2D eigenvalue weighted by Crippen LogP contribution is -2.19. The minimum Gasteiger partial charge on any atom is -0.382 e. The Balaban J connectivity index is 2.79. The first-order valence-electron chi connectivity index (χ1n) is 5.91. The molecule has 1 aromatic rings. The molecule has 0 saturated heterocycles. The van der Waals surface area contributed by atoms with E-state index in [4.69, 9.17) is 4.74 Å². The number of halogens is 3. The van der Waals surface area contributed by atoms with Gasteiger partial charge in [0.15, 0.2) is 0 Å². The van der Waals surface area contributed by atoms with Gasteiger partial charge < -0.3 is 10.1 Å². The smallest absolute Gasteiger partial charge is 0.382 e. The largest absolute Gasteiger partial charge is 0.416 e. The minimum absolute atomic E-state index is 0.126. The molecule has 1 unspecified atom stereocenters. The summed E-state index contributed by atoms with van der Waals surface area (Å²) in [6, 6.07) is 5.27. The van der Waals surface area contributed by atoms with Crippen LogP contribution in [0, 0.1) is 0 Å². The summed E-state index contributed by atoms with van der Waals surface area (Å²) in [5.74, 6) is 0. The summed E-state index contributed by atoms with van der Waals surface area (Å²) in [6.07, 6.45) is -3.65. The standard InChI is InChI=1S/C13H18F3NO/c1-3-18-8-7-12(17-2)10-5-4-6-11(9-10)13(14,15)16/h4-6,9,12,17H,3,7-8H2,1-2H3. The van der Waals surface area contributed by atoms with Gasteiger partial charge in [-0.2, -0.15) is 13.2 Å². The molecule has 18 heavy (non-hydrogen) atoms. The van der Waals surface area contributed by atoms with Crippen LogP contribution >= 0.6 is 0 Å². The van der Waals surface area contributed by atoms with Crippen LogP contribution in [-0.4, -0.2) is 20.3 Å². The molecule has 0 fully saturated rings. The summed E-state index contributed by atoms with van der Waals surface area (Å²) in [5.41, 5.74) is 0.0173. The van der Waals surface area contributed by atoms with Gasteiger partial charge in [-0.25, -0.2) is 0 Å². The van der Waals surface area contributed by atoms with Crippen LogP contribution in [0.1, 0.15) is 30.5 Å². The van der Waals surface area contributed by atoms with Crippen LogP contribution < -0.4 is 5.32 Å². The normalized spacial score (nSPS) is 13.6. The molecule has 0 heterocycles. The molecule has 0 bridgehead atoms. The summed E-state index contributed by atoms with van der Waals surface area (Å²) in [7, 11) is 1.73. The first-order valence-corrected chi connectivity index (χ1v) is 5.91. The average molecular weight is 261 g/mol. The maximum Gasteiger partial charge on any atom is 0.416 e. The maximum absolute atomic E-state index is 12.6. The summed E-state index contributed by atoms with van der Waals surface area (Å²) in [5, 5.41) is 3.01. The zero-order valence-electron chi connectivity index (χ0n) is 10.6. The zero-order valence-corrected chi connectivity index (χ0v) is 10.6. The van der Waals surface area contributed by atoms with E-state index >= 15 is 0 Å². The molecular weight excluding hydrogens is 243 g/mol. The summed E-state index contributed by atoms with van der Waals surface area (Å²) in [4.78, 5) is 0. The van der Waals surface area contributed by atoms with E-state index in [1.54, 1.807) is 13.1 Å². The second-order valence-electron chi connectivity index (χ2n) is 3.95. The van der Waals surface area contributed by atoms with Crippen molar-refractivity contribution in [2.24, 2.45) is 0 Å². The van der Waals surface area contributed by atoms with Crippen molar-refractivity contribution in [3.63, 3.8) is 0 Å². The Morgan fingerprint density at radius 1 is 1.33 bits per heavy atom. The third-order valence-electron chi connectivity index (χ3n) is 2.72. The van der Waals surface area contributed by atoms with Crippen LogP contribution in [0.25, 0.3) is 0 Å². The molecule has 5 heteroatoms. The predicted octanol–water partition coefficient (Wildman–Crippen LogP) is 3.39. The fraction of sp³-hybridized carbons (Fsp3) is 0.538. The van der Waals surface area contributed by atoms with Crippen molar-refractivity contribution < 1.29 is 17.9 Å². The molecule has 0 aromatic heterocycles. The minimum atomic E-state index is -4.30. The zero-order chi connectivity index (χ0) is 13.6. The van der Waals surface area contributed by atoms with Gasteiger partial charge in [0.05, 0.1) is 5.56 Å². The molecule has 0 aliphatic rings. The van der Waals surface area contributed by atoms with Gasteiger partial charge in [0.25, 0.3) is 0 Å². The van der Waals surface area contributed by atoms with Gasteiger partial charge in [0.2, 0.25) is 0 Å². The highest BCUT2D eigenvalue weighted by atomic mass is 19.4. The van der Waals surface area contributed by atoms with Crippen molar-refractivity contribution in [3.8, 4) is 0 Å². The molecule has 0 aliphatic carbocycles. The molecule has 1 aromatic carbocycles. The fourth-order valence-corrected chi connectivity index (χ4v) is 1.75. The number of hydrogen-bond donors (Lipinski definition) is 1. The highest BCUT2D eigenvalue weighted by Gasteiger charge is 2.30. The first-order chi connectivity index (χ1) is 8.49. The van der Waals surface area contributed by atoms with Crippen LogP contribution in [0.3, 0.4) is 0 Å². The summed E-state index contributed by atoms with van der Waals surface area (Å²) >= 11 is 0. The Morgan fingerprint density at radius 2 is 2.06 bits per heavy atom. The van der Waals surface area contributed by atoms with E-state index in [0.29, 0.717) is 25.2 Å². The van der Waals surface area contributed by atoms with E-state index in [1.807, 2.05) is 6.92 Å². The van der Waals surface area contributed by atoms with Crippen molar-refractivity contribution in [1.82, 2.24) is 5.32 Å². The van der Waals surface area contributed by atoms with E-state index in [9.17, 15) is 13.2 Å². The molecular formula is C13H18F3NO. The number of benzene rings is 1. The van der Waals surface area contributed by atoms with Gasteiger partial charge >= 0.3 is 6.18 Å². The lowest BCUT2D eigenvalue weighted by Gasteiger charge is -2.18. The molecule has 0 radical (unpaired) electrons. The Hall–Kier alpha value is -1.07. The molecule has 102 valence electrons. The van der Waals surface area contributed by atoms with E-state index in [1.165, 1.54) is 12.1 Å². The molecule has 1 rings (SSSR count). The lowest BCUT2D eigenvalue weighted by atomic mass is 10.0. The number of alkyl halides is 3. The number of rotatable bonds is 6. The van der Waals surface area contributed by atoms with Crippen LogP contribution in [0.15, 0.2) is 24.3 Å². The van der Waals surface area contributed by atoms with Gasteiger partial charge in [0.1, 0.15) is 0 Å². The Bertz CT molecular complexity index is 365. The third kappa shape index (κ3) is 4.31. The quantitative estimate of drug-likeness (QED) is 0.792. The first kappa shape index (κ1) is 15.0. The molecule has 2 nitrogen and oxygen atoms in total. The van der Waals surface area contributed by atoms with Crippen molar-refractivity contribution in [2.75, 3.05) is 20.3 Å². The molecule has 0 spiro atoms. The average Bonchev–Trinajstić information content (AvgIpc) is 2.34. The highest BCUT2D eigenvalue weighted by molar-refractivity contribution is 5.28. The van der Waals surface area contributed by atoms with Gasteiger partial charge in [0, 0.05) is 19.3 Å². The highest BCUT2D eigenvalue weighted by Crippen LogP contribution is 2.31. The van der Waals surface area contributed by atoms with Crippen molar-refractivity contribution in [1.29, 1.82) is 0 Å². The van der Waals surface area contributed by atoms with E-state index in [0.717, 1.165) is 6.07 Å². The van der Waals surface area contributed by atoms with E-state index in [-0.39, 0.29) is 6.04 Å². The van der Waals surface area contributed by atoms with E-state index in [2.05, 4.69) is 5.32 Å². The molecule has 1 atom stereocenters. The van der Waals surface area contributed by atoms with Crippen molar-refractivity contribution in [3.05, 3.63) is 35.4 Å². The number of ether oxygens (including phenoxy) is 1. The van der Waals surface area contributed by atoms with Crippen LogP contribution in [-0.2, 0) is 10.9 Å². The third-order valence-corrected chi connectivity index (χ3v) is 2.72. The summed E-state index contributed by atoms with van der Waals surface area (Å²) < 4.78 is 43.0. The second-order valence-corrected chi connectivity index (χ2v) is 3.95. The Kier molecular flexibility index (Phi) is 5.62. The van der Waals surface area contributed by atoms with Gasteiger partial charge in [-0.15, -0.1) is 0 Å². The van der Waals surface area contributed by atoms with Crippen molar-refractivity contribution >= 4 is 0 Å². The SMILES string of the molecule is CCOCCC(NC)c1cccc(C(F)(F)F)c1. The van der Waals surface area contributed by atoms with Crippen LogP contribution in [0.5, 0.6) is 0 Å². The number of nitrogens with one attached hydrogen (secondary N) is 1. The molecule has 1 N–H and O–H groups in total. The fourth-order valence-electron chi connectivity index (χ4n) is 1.75. The maximum atomic E-state index is 12.6. The Labute approximate surface area is 105 Å². The van der Waals surface area contributed by atoms with Crippen molar-refractivity contribution in [2.45, 2.75) is 25.6 Å². The lowest BCUT2D eigenvalue weighted by molar-refractivity contribution is -0.137. The van der Waals surface area contributed by atoms with Gasteiger partial charge in [-0.05, 0) is 38.1 Å². The molecule has 0 amide bonds. The van der Waals surface area contributed by atoms with Gasteiger partial charge in [-0.1, -0.05) is 12.1 Å². The van der Waals surface area contributed by atoms with Gasteiger partial charge in [-0.3, -0.25) is 0 Å². The Morgan fingerprint density at radius 3 is 2.61 bits per heavy atom. The summed E-state index contributed by atoms with van der Waals surface area (Å²) in [6.45, 7) is 3.02. The van der Waals surface area contributed by atoms with Crippen LogP contribution in [0.2, 0.25) is 0 Å². The molecule has 0 saturated carbocycles. The monoisotopic (exact) mass is 261 g/mol. The predicted molar refractivity (Wildman–Crippen MR) is 64.4 cm³/mol. The number of hydrogen-bond acceptors (Lipinski definition) is 2. The van der Waals surface area contributed by atoms with E-state index < -0.39 is 11.7 Å². The second kappa shape index (κ2) is 6.75. The topological polar surface area (TPSA) is 21.3 Å². The molecule has 0 aliphatic heterocycles.